The molecule has 0 amide bonds. The molecular weight excluding hydrogens is 386 g/mol. The summed E-state index contributed by atoms with van der Waals surface area (Å²) in [4.78, 5) is 0. The molecule has 0 bridgehead atoms. The minimum absolute atomic E-state index is 0.102. The monoisotopic (exact) mass is 398 g/mol. The van der Waals surface area contributed by atoms with Gasteiger partial charge >= 0.3 is 0 Å². The lowest BCUT2D eigenvalue weighted by Crippen LogP contribution is -2.27. The van der Waals surface area contributed by atoms with Gasteiger partial charge in [0.2, 0.25) is 0 Å². The maximum Gasteiger partial charge on any atom is 0.145 e. The van der Waals surface area contributed by atoms with Crippen LogP contribution < -0.4 is 4.74 Å². The van der Waals surface area contributed by atoms with E-state index in [9.17, 15) is 4.39 Å². The number of hydrogen-bond donors (Lipinski definition) is 0. The van der Waals surface area contributed by atoms with Crippen molar-refractivity contribution in [2.75, 3.05) is 11.9 Å². The molecule has 1 aromatic carbocycles. The van der Waals surface area contributed by atoms with Crippen LogP contribution in [0.2, 0.25) is 5.02 Å². The molecule has 18 heavy (non-hydrogen) atoms. The van der Waals surface area contributed by atoms with Crippen molar-refractivity contribution in [2.24, 2.45) is 5.41 Å². The third-order valence-corrected chi connectivity index (χ3v) is 5.56. The summed E-state index contributed by atoms with van der Waals surface area (Å²) in [5.41, 5.74) is 0.190. The summed E-state index contributed by atoms with van der Waals surface area (Å²) in [5.74, 6) is 0.0679. The Balaban J connectivity index is 2.08. The fourth-order valence-electron chi connectivity index (χ4n) is 2.29. The van der Waals surface area contributed by atoms with Crippen LogP contribution in [0.15, 0.2) is 16.6 Å². The van der Waals surface area contributed by atoms with E-state index in [1.165, 1.54) is 25.0 Å². The predicted octanol–water partition coefficient (Wildman–Crippen LogP) is 5.58. The van der Waals surface area contributed by atoms with Crippen LogP contribution >= 0.6 is 43.5 Å². The normalized spacial score (nSPS) is 18.0. The summed E-state index contributed by atoms with van der Waals surface area (Å²) in [7, 11) is 0. The van der Waals surface area contributed by atoms with Crippen molar-refractivity contribution >= 4 is 43.5 Å². The van der Waals surface area contributed by atoms with Crippen molar-refractivity contribution in [3.63, 3.8) is 0 Å². The van der Waals surface area contributed by atoms with E-state index < -0.39 is 5.82 Å². The maximum absolute atomic E-state index is 13.4. The highest BCUT2D eigenvalue weighted by Gasteiger charge is 2.33. The fraction of sp³-hybridized carbons (Fsp3) is 0.538. The maximum atomic E-state index is 13.4. The van der Waals surface area contributed by atoms with Crippen molar-refractivity contribution in [3.8, 4) is 5.75 Å². The van der Waals surface area contributed by atoms with Crippen molar-refractivity contribution in [1.29, 1.82) is 0 Å². The zero-order chi connectivity index (χ0) is 13.2. The number of rotatable bonds is 4. The molecule has 0 unspecified atom stereocenters. The summed E-state index contributed by atoms with van der Waals surface area (Å²) in [6.07, 6.45) is 4.80. The Hall–Kier alpha value is 0.200. The van der Waals surface area contributed by atoms with Crippen LogP contribution in [0.4, 0.5) is 4.39 Å². The van der Waals surface area contributed by atoms with Gasteiger partial charge in [-0.15, -0.1) is 0 Å². The van der Waals surface area contributed by atoms with Crippen LogP contribution in [0.3, 0.4) is 0 Å². The molecule has 0 radical (unpaired) electrons. The Morgan fingerprint density at radius 2 is 2.00 bits per heavy atom. The van der Waals surface area contributed by atoms with Gasteiger partial charge in [-0.25, -0.2) is 4.39 Å². The highest BCUT2D eigenvalue weighted by atomic mass is 79.9. The van der Waals surface area contributed by atoms with Crippen LogP contribution in [0.1, 0.15) is 25.7 Å². The Kier molecular flexibility index (Phi) is 4.95. The van der Waals surface area contributed by atoms with E-state index in [0.717, 1.165) is 18.2 Å². The van der Waals surface area contributed by atoms with E-state index in [2.05, 4.69) is 31.9 Å². The van der Waals surface area contributed by atoms with E-state index in [1.807, 2.05) is 0 Å². The molecule has 0 heterocycles. The molecule has 1 saturated carbocycles. The summed E-state index contributed by atoms with van der Waals surface area (Å²) in [5, 5.41) is 1.03. The molecule has 0 N–H and O–H groups in total. The lowest BCUT2D eigenvalue weighted by Gasteiger charge is -2.26. The first-order chi connectivity index (χ1) is 8.56. The molecule has 1 nitrogen and oxygen atoms in total. The quantitative estimate of drug-likeness (QED) is 0.474. The molecule has 1 aliphatic rings. The van der Waals surface area contributed by atoms with Crippen molar-refractivity contribution < 1.29 is 9.13 Å². The Morgan fingerprint density at radius 3 is 2.61 bits per heavy atom. The minimum atomic E-state index is -0.450. The van der Waals surface area contributed by atoms with Gasteiger partial charge < -0.3 is 4.74 Å². The minimum Gasteiger partial charge on any atom is -0.492 e. The van der Waals surface area contributed by atoms with Gasteiger partial charge in [0, 0.05) is 16.8 Å². The molecule has 1 aliphatic carbocycles. The standard InChI is InChI=1S/C13H14Br2ClFO/c14-7-13(3-1-2-4-13)8-18-12-6-11(17)10(16)5-9(12)15/h5-6H,1-4,7-8H2. The highest BCUT2D eigenvalue weighted by molar-refractivity contribution is 9.10. The first kappa shape index (κ1) is 14.6. The average Bonchev–Trinajstić information content (AvgIpc) is 2.82. The smallest absolute Gasteiger partial charge is 0.145 e. The summed E-state index contributed by atoms with van der Waals surface area (Å²) in [6, 6.07) is 2.87. The summed E-state index contributed by atoms with van der Waals surface area (Å²) < 4.78 is 19.9. The first-order valence-electron chi connectivity index (χ1n) is 5.90. The highest BCUT2D eigenvalue weighted by Crippen LogP contribution is 2.41. The lowest BCUT2D eigenvalue weighted by atomic mass is 9.90. The zero-order valence-corrected chi connectivity index (χ0v) is 13.7. The largest absolute Gasteiger partial charge is 0.492 e. The molecule has 0 saturated heterocycles. The van der Waals surface area contributed by atoms with Crippen molar-refractivity contribution in [3.05, 3.63) is 27.4 Å². The van der Waals surface area contributed by atoms with Gasteiger partial charge in [0.15, 0.2) is 0 Å². The van der Waals surface area contributed by atoms with Crippen molar-refractivity contribution in [2.45, 2.75) is 25.7 Å². The van der Waals surface area contributed by atoms with E-state index in [0.29, 0.717) is 16.8 Å². The molecule has 0 aromatic heterocycles. The van der Waals surface area contributed by atoms with E-state index in [4.69, 9.17) is 16.3 Å². The van der Waals surface area contributed by atoms with Gasteiger partial charge in [-0.05, 0) is 34.8 Å². The van der Waals surface area contributed by atoms with Crippen LogP contribution in [0.25, 0.3) is 0 Å². The SMILES string of the molecule is Fc1cc(OCC2(CBr)CCCC2)c(Br)cc1Cl. The molecule has 0 spiro atoms. The molecule has 100 valence electrons. The Morgan fingerprint density at radius 1 is 1.33 bits per heavy atom. The first-order valence-corrected chi connectivity index (χ1v) is 8.19. The number of hydrogen-bond acceptors (Lipinski definition) is 1. The number of ether oxygens (including phenoxy) is 1. The molecule has 1 fully saturated rings. The summed E-state index contributed by atoms with van der Waals surface area (Å²) >= 11 is 12.6. The van der Waals surface area contributed by atoms with Gasteiger partial charge in [-0.2, -0.15) is 0 Å². The molecule has 1 aromatic rings. The van der Waals surface area contributed by atoms with Gasteiger partial charge in [0.25, 0.3) is 0 Å². The molecule has 2 rings (SSSR count). The molecule has 5 heteroatoms. The van der Waals surface area contributed by atoms with E-state index in [-0.39, 0.29) is 10.4 Å². The second-order valence-electron chi connectivity index (χ2n) is 4.83. The van der Waals surface area contributed by atoms with Crippen LogP contribution in [0.5, 0.6) is 5.75 Å². The van der Waals surface area contributed by atoms with E-state index >= 15 is 0 Å². The fourth-order valence-corrected chi connectivity index (χ4v) is 3.76. The number of halogens is 4. The second-order valence-corrected chi connectivity index (χ2v) is 6.65. The molecular formula is C13H14Br2ClFO. The molecule has 0 atom stereocenters. The topological polar surface area (TPSA) is 9.23 Å². The van der Waals surface area contributed by atoms with Crippen LogP contribution in [-0.4, -0.2) is 11.9 Å². The van der Waals surface area contributed by atoms with Crippen LogP contribution in [0, 0.1) is 11.2 Å². The van der Waals surface area contributed by atoms with Gasteiger partial charge in [-0.1, -0.05) is 40.4 Å². The Bertz CT molecular complexity index is 433. The lowest BCUT2D eigenvalue weighted by molar-refractivity contribution is 0.172. The van der Waals surface area contributed by atoms with E-state index in [1.54, 1.807) is 0 Å². The third kappa shape index (κ3) is 3.20. The Labute approximate surface area is 128 Å². The van der Waals surface area contributed by atoms with Crippen molar-refractivity contribution in [1.82, 2.24) is 0 Å². The second kappa shape index (κ2) is 6.10. The summed E-state index contributed by atoms with van der Waals surface area (Å²) in [6.45, 7) is 0.609. The number of benzene rings is 1. The van der Waals surface area contributed by atoms with Crippen LogP contribution in [-0.2, 0) is 0 Å². The van der Waals surface area contributed by atoms with Gasteiger partial charge in [0.1, 0.15) is 11.6 Å². The van der Waals surface area contributed by atoms with Gasteiger partial charge in [-0.3, -0.25) is 0 Å². The average molecular weight is 401 g/mol. The molecule has 0 aliphatic heterocycles. The van der Waals surface area contributed by atoms with Gasteiger partial charge in [0.05, 0.1) is 16.1 Å². The number of alkyl halides is 1. The zero-order valence-electron chi connectivity index (χ0n) is 9.82. The third-order valence-electron chi connectivity index (χ3n) is 3.46. The predicted molar refractivity (Wildman–Crippen MR) is 79.3 cm³/mol.